The SMILES string of the molecule is CC(C)C(CCc1ccc(F)c(-c2ccc(OC(F)(F)F)cc2)c1)C(=O)C1=CN=CCC1. The molecule has 0 aliphatic carbocycles. The lowest BCUT2D eigenvalue weighted by atomic mass is 9.82. The maximum atomic E-state index is 14.4. The lowest BCUT2D eigenvalue weighted by Gasteiger charge is -2.21. The quantitative estimate of drug-likeness (QED) is 0.412. The zero-order chi connectivity index (χ0) is 23.3. The van der Waals surface area contributed by atoms with Crippen molar-refractivity contribution in [3.63, 3.8) is 0 Å². The van der Waals surface area contributed by atoms with Crippen molar-refractivity contribution in [1.29, 1.82) is 0 Å². The van der Waals surface area contributed by atoms with Crippen LogP contribution in [-0.2, 0) is 11.2 Å². The standard InChI is InChI=1S/C25H25F4NO2/c1-16(2)21(24(31)19-4-3-13-30-15-19)11-5-17-6-12-23(26)22(14-17)18-7-9-20(10-8-18)32-25(27,28)29/h6-10,12-16,21H,3-5,11H2,1-2H3. The summed E-state index contributed by atoms with van der Waals surface area (Å²) in [6.45, 7) is 4.02. The van der Waals surface area contributed by atoms with Crippen molar-refractivity contribution in [3.05, 3.63) is 65.6 Å². The van der Waals surface area contributed by atoms with Gasteiger partial charge >= 0.3 is 6.36 Å². The Morgan fingerprint density at radius 1 is 1.12 bits per heavy atom. The molecule has 0 N–H and O–H groups in total. The van der Waals surface area contributed by atoms with Gasteiger partial charge < -0.3 is 4.74 Å². The van der Waals surface area contributed by atoms with E-state index in [-0.39, 0.29) is 28.9 Å². The third-order valence-electron chi connectivity index (χ3n) is 5.51. The van der Waals surface area contributed by atoms with Crippen LogP contribution in [0.5, 0.6) is 5.75 Å². The van der Waals surface area contributed by atoms with E-state index in [2.05, 4.69) is 9.73 Å². The molecule has 0 spiro atoms. The molecule has 2 aromatic carbocycles. The number of hydrogen-bond acceptors (Lipinski definition) is 3. The van der Waals surface area contributed by atoms with Crippen molar-refractivity contribution < 1.29 is 27.1 Å². The number of nitrogens with zero attached hydrogens (tertiary/aromatic N) is 1. The molecule has 1 atom stereocenters. The molecule has 1 heterocycles. The number of halogens is 4. The number of carbonyl (C=O) groups is 1. The summed E-state index contributed by atoms with van der Waals surface area (Å²) < 4.78 is 55.3. The maximum Gasteiger partial charge on any atom is 0.573 e. The van der Waals surface area contributed by atoms with E-state index in [9.17, 15) is 22.4 Å². The van der Waals surface area contributed by atoms with Gasteiger partial charge in [-0.15, -0.1) is 13.2 Å². The first-order chi connectivity index (χ1) is 15.1. The Labute approximate surface area is 184 Å². The van der Waals surface area contributed by atoms with Gasteiger partial charge in [0.2, 0.25) is 0 Å². The number of rotatable bonds is 8. The topological polar surface area (TPSA) is 38.7 Å². The Hall–Kier alpha value is -2.96. The van der Waals surface area contributed by atoms with E-state index in [1.807, 2.05) is 13.8 Å². The molecule has 170 valence electrons. The van der Waals surface area contributed by atoms with Crippen LogP contribution < -0.4 is 4.74 Å². The van der Waals surface area contributed by atoms with Crippen molar-refractivity contribution in [2.75, 3.05) is 0 Å². The van der Waals surface area contributed by atoms with Gasteiger partial charge in [0.05, 0.1) is 0 Å². The molecule has 0 amide bonds. The highest BCUT2D eigenvalue weighted by Gasteiger charge is 2.31. The van der Waals surface area contributed by atoms with Crippen molar-refractivity contribution >= 4 is 12.0 Å². The Bertz CT molecular complexity index is 1010. The van der Waals surface area contributed by atoms with Crippen LogP contribution in [0.25, 0.3) is 11.1 Å². The minimum Gasteiger partial charge on any atom is -0.406 e. The Kier molecular flexibility index (Phi) is 7.48. The molecule has 2 aromatic rings. The van der Waals surface area contributed by atoms with E-state index in [1.54, 1.807) is 24.5 Å². The fourth-order valence-electron chi connectivity index (χ4n) is 3.80. The lowest BCUT2D eigenvalue weighted by Crippen LogP contribution is -2.23. The van der Waals surface area contributed by atoms with Crippen LogP contribution in [0.3, 0.4) is 0 Å². The molecule has 1 aliphatic rings. The number of carbonyl (C=O) groups excluding carboxylic acids is 1. The normalized spacial score (nSPS) is 14.9. The molecule has 0 saturated heterocycles. The highest BCUT2D eigenvalue weighted by atomic mass is 19.4. The Morgan fingerprint density at radius 3 is 2.44 bits per heavy atom. The van der Waals surface area contributed by atoms with Crippen LogP contribution >= 0.6 is 0 Å². The average Bonchev–Trinajstić information content (AvgIpc) is 2.75. The van der Waals surface area contributed by atoms with Gasteiger partial charge in [-0.25, -0.2) is 4.39 Å². The van der Waals surface area contributed by atoms with Crippen LogP contribution in [0.1, 0.15) is 38.7 Å². The van der Waals surface area contributed by atoms with E-state index >= 15 is 0 Å². The van der Waals surface area contributed by atoms with Crippen LogP contribution in [0.2, 0.25) is 0 Å². The predicted octanol–water partition coefficient (Wildman–Crippen LogP) is 6.91. The second-order valence-corrected chi connectivity index (χ2v) is 8.16. The van der Waals surface area contributed by atoms with Gasteiger partial charge in [0.1, 0.15) is 11.6 Å². The van der Waals surface area contributed by atoms with Crippen LogP contribution in [0, 0.1) is 17.7 Å². The largest absolute Gasteiger partial charge is 0.573 e. The minimum absolute atomic E-state index is 0.111. The second kappa shape index (κ2) is 10.1. The fraction of sp³-hybridized carbons (Fsp3) is 0.360. The molecule has 3 nitrogen and oxygen atoms in total. The monoisotopic (exact) mass is 447 g/mol. The van der Waals surface area contributed by atoms with Gasteiger partial charge in [-0.3, -0.25) is 9.79 Å². The summed E-state index contributed by atoms with van der Waals surface area (Å²) in [6.07, 6.45) is 1.30. The van der Waals surface area contributed by atoms with Crippen molar-refractivity contribution in [1.82, 2.24) is 0 Å². The number of aryl methyl sites for hydroxylation is 1. The van der Waals surface area contributed by atoms with Gasteiger partial charge in [-0.2, -0.15) is 0 Å². The first kappa shape index (κ1) is 23.7. The van der Waals surface area contributed by atoms with E-state index in [4.69, 9.17) is 0 Å². The zero-order valence-corrected chi connectivity index (χ0v) is 18.0. The number of benzene rings is 2. The highest BCUT2D eigenvalue weighted by Crippen LogP contribution is 2.30. The van der Waals surface area contributed by atoms with Gasteiger partial charge in [0.15, 0.2) is 5.78 Å². The molecule has 1 unspecified atom stereocenters. The number of Topliss-reactive ketones (excluding diaryl/α,β-unsaturated/α-hetero) is 1. The van der Waals surface area contributed by atoms with Crippen LogP contribution in [0.15, 0.2) is 59.2 Å². The Balaban J connectivity index is 1.74. The van der Waals surface area contributed by atoms with E-state index in [0.717, 1.165) is 29.7 Å². The van der Waals surface area contributed by atoms with Crippen LogP contribution in [0.4, 0.5) is 17.6 Å². The molecular weight excluding hydrogens is 422 g/mol. The summed E-state index contributed by atoms with van der Waals surface area (Å²) in [7, 11) is 0. The Morgan fingerprint density at radius 2 is 1.84 bits per heavy atom. The number of ether oxygens (including phenoxy) is 1. The lowest BCUT2D eigenvalue weighted by molar-refractivity contribution is -0.274. The third kappa shape index (κ3) is 6.28. The van der Waals surface area contributed by atoms with E-state index in [0.29, 0.717) is 24.8 Å². The summed E-state index contributed by atoms with van der Waals surface area (Å²) in [5.41, 5.74) is 2.33. The van der Waals surface area contributed by atoms with E-state index in [1.165, 1.54) is 18.2 Å². The first-order valence-electron chi connectivity index (χ1n) is 10.5. The van der Waals surface area contributed by atoms with E-state index < -0.39 is 12.2 Å². The number of allylic oxidation sites excluding steroid dienone is 1. The van der Waals surface area contributed by atoms with Gasteiger partial charge in [0, 0.05) is 29.5 Å². The molecule has 0 bridgehead atoms. The van der Waals surface area contributed by atoms with Gasteiger partial charge in [0.25, 0.3) is 0 Å². The molecule has 32 heavy (non-hydrogen) atoms. The summed E-state index contributed by atoms with van der Waals surface area (Å²) in [6, 6.07) is 9.79. The number of hydrogen-bond donors (Lipinski definition) is 0. The molecule has 1 aliphatic heterocycles. The highest BCUT2D eigenvalue weighted by molar-refractivity contribution is 5.98. The molecule has 0 fully saturated rings. The van der Waals surface area contributed by atoms with Gasteiger partial charge in [-0.1, -0.05) is 32.0 Å². The summed E-state index contributed by atoms with van der Waals surface area (Å²) in [5.74, 6) is -0.742. The molecule has 3 rings (SSSR count). The smallest absolute Gasteiger partial charge is 0.406 e. The number of alkyl halides is 3. The van der Waals surface area contributed by atoms with Gasteiger partial charge in [-0.05, 0) is 67.0 Å². The minimum atomic E-state index is -4.78. The predicted molar refractivity (Wildman–Crippen MR) is 116 cm³/mol. The second-order valence-electron chi connectivity index (χ2n) is 8.16. The fourth-order valence-corrected chi connectivity index (χ4v) is 3.80. The molecular formula is C25H25F4NO2. The van der Waals surface area contributed by atoms with Crippen LogP contribution in [-0.4, -0.2) is 18.4 Å². The first-order valence-corrected chi connectivity index (χ1v) is 10.5. The number of aliphatic imine (C=N–C) groups is 1. The third-order valence-corrected chi connectivity index (χ3v) is 5.51. The summed E-state index contributed by atoms with van der Waals surface area (Å²) in [4.78, 5) is 17.0. The molecule has 0 saturated carbocycles. The zero-order valence-electron chi connectivity index (χ0n) is 18.0. The molecule has 7 heteroatoms. The van der Waals surface area contributed by atoms with Crippen molar-refractivity contribution in [3.8, 4) is 16.9 Å². The molecule has 0 radical (unpaired) electrons. The maximum absolute atomic E-state index is 14.4. The summed E-state index contributed by atoms with van der Waals surface area (Å²) >= 11 is 0. The molecule has 0 aromatic heterocycles. The van der Waals surface area contributed by atoms with Crippen molar-refractivity contribution in [2.45, 2.75) is 45.9 Å². The number of ketones is 1. The van der Waals surface area contributed by atoms with Crippen molar-refractivity contribution in [2.24, 2.45) is 16.8 Å². The average molecular weight is 447 g/mol. The summed E-state index contributed by atoms with van der Waals surface area (Å²) in [5, 5.41) is 0.